The monoisotopic (exact) mass is 296 g/mol. The number of halogens is 1. The smallest absolute Gasteiger partial charge is 0.288 e. The SMILES string of the molecule is Cc1cc([N+](=O)[O-])c(Cl)cc1NC1CCCC(C)C1C. The number of benzene rings is 1. The highest BCUT2D eigenvalue weighted by molar-refractivity contribution is 6.33. The summed E-state index contributed by atoms with van der Waals surface area (Å²) in [5.74, 6) is 1.30. The molecule has 3 unspecified atom stereocenters. The van der Waals surface area contributed by atoms with Crippen LogP contribution < -0.4 is 5.32 Å². The highest BCUT2D eigenvalue weighted by Gasteiger charge is 2.27. The second-order valence-corrected chi connectivity index (χ2v) is 6.30. The molecule has 0 amide bonds. The van der Waals surface area contributed by atoms with Gasteiger partial charge in [0.1, 0.15) is 5.02 Å². The van der Waals surface area contributed by atoms with Crippen molar-refractivity contribution in [2.45, 2.75) is 46.1 Å². The van der Waals surface area contributed by atoms with Crippen molar-refractivity contribution in [2.24, 2.45) is 11.8 Å². The van der Waals surface area contributed by atoms with Crippen molar-refractivity contribution in [3.05, 3.63) is 32.8 Å². The van der Waals surface area contributed by atoms with Gasteiger partial charge in [-0.3, -0.25) is 10.1 Å². The summed E-state index contributed by atoms with van der Waals surface area (Å²) in [6.07, 6.45) is 3.64. The van der Waals surface area contributed by atoms with Gasteiger partial charge in [0, 0.05) is 17.8 Å². The van der Waals surface area contributed by atoms with E-state index >= 15 is 0 Å². The molecular formula is C15H21ClN2O2. The fourth-order valence-electron chi connectivity index (χ4n) is 2.95. The molecule has 1 aliphatic rings. The Morgan fingerprint density at radius 2 is 2.05 bits per heavy atom. The van der Waals surface area contributed by atoms with Gasteiger partial charge in [-0.1, -0.05) is 38.3 Å². The lowest BCUT2D eigenvalue weighted by Crippen LogP contribution is -2.35. The summed E-state index contributed by atoms with van der Waals surface area (Å²) in [6, 6.07) is 3.64. The molecule has 1 saturated carbocycles. The second kappa shape index (κ2) is 6.00. The molecule has 0 radical (unpaired) electrons. The minimum atomic E-state index is -0.440. The summed E-state index contributed by atoms with van der Waals surface area (Å²) >= 11 is 6.00. The van der Waals surface area contributed by atoms with Gasteiger partial charge in [-0.15, -0.1) is 0 Å². The van der Waals surface area contributed by atoms with Gasteiger partial charge >= 0.3 is 0 Å². The van der Waals surface area contributed by atoms with Crippen molar-refractivity contribution in [1.29, 1.82) is 0 Å². The van der Waals surface area contributed by atoms with Gasteiger partial charge in [-0.2, -0.15) is 0 Å². The van der Waals surface area contributed by atoms with Gasteiger partial charge in [-0.25, -0.2) is 0 Å². The van der Waals surface area contributed by atoms with Crippen LogP contribution >= 0.6 is 11.6 Å². The number of nitro groups is 1. The molecule has 1 N–H and O–H groups in total. The Labute approximate surface area is 124 Å². The third-order valence-corrected chi connectivity index (χ3v) is 4.84. The lowest BCUT2D eigenvalue weighted by molar-refractivity contribution is -0.384. The van der Waals surface area contributed by atoms with Crippen molar-refractivity contribution in [3.63, 3.8) is 0 Å². The Kier molecular flexibility index (Phi) is 4.53. The summed E-state index contributed by atoms with van der Waals surface area (Å²) in [5, 5.41) is 14.6. The molecule has 0 bridgehead atoms. The fraction of sp³-hybridized carbons (Fsp3) is 0.600. The summed E-state index contributed by atoms with van der Waals surface area (Å²) in [7, 11) is 0. The van der Waals surface area contributed by atoms with E-state index in [9.17, 15) is 10.1 Å². The molecule has 4 nitrogen and oxygen atoms in total. The van der Waals surface area contributed by atoms with Gasteiger partial charge in [0.15, 0.2) is 0 Å². The first-order valence-electron chi connectivity index (χ1n) is 7.11. The minimum absolute atomic E-state index is 0.0280. The molecule has 0 spiro atoms. The van der Waals surface area contributed by atoms with E-state index in [1.807, 2.05) is 6.92 Å². The standard InChI is InChI=1S/C15H21ClN2O2/c1-9-5-4-6-13(11(9)3)17-14-8-12(16)15(18(19)20)7-10(14)2/h7-9,11,13,17H,4-6H2,1-3H3. The quantitative estimate of drug-likeness (QED) is 0.644. The molecule has 2 rings (SSSR count). The molecule has 0 saturated heterocycles. The van der Waals surface area contributed by atoms with Crippen LogP contribution in [0.15, 0.2) is 12.1 Å². The van der Waals surface area contributed by atoms with Crippen molar-refractivity contribution in [3.8, 4) is 0 Å². The predicted octanol–water partition coefficient (Wildman–Crippen LogP) is 4.79. The molecule has 1 fully saturated rings. The lowest BCUT2D eigenvalue weighted by Gasteiger charge is -2.35. The normalized spacial score (nSPS) is 26.3. The number of aryl methyl sites for hydroxylation is 1. The largest absolute Gasteiger partial charge is 0.382 e. The van der Waals surface area contributed by atoms with Crippen molar-refractivity contribution < 1.29 is 4.92 Å². The molecule has 1 aliphatic carbocycles. The highest BCUT2D eigenvalue weighted by atomic mass is 35.5. The van der Waals surface area contributed by atoms with Crippen LogP contribution in [0.25, 0.3) is 0 Å². The first kappa shape index (κ1) is 15.1. The van der Waals surface area contributed by atoms with Crippen LogP contribution in [0.4, 0.5) is 11.4 Å². The number of hydrogen-bond donors (Lipinski definition) is 1. The molecule has 1 aromatic rings. The van der Waals surface area contributed by atoms with Crippen LogP contribution in [0.2, 0.25) is 5.02 Å². The summed E-state index contributed by atoms with van der Waals surface area (Å²) in [4.78, 5) is 10.4. The highest BCUT2D eigenvalue weighted by Crippen LogP contribution is 2.35. The van der Waals surface area contributed by atoms with Crippen molar-refractivity contribution >= 4 is 23.0 Å². The van der Waals surface area contributed by atoms with Gasteiger partial charge in [0.05, 0.1) is 4.92 Å². The van der Waals surface area contributed by atoms with E-state index in [4.69, 9.17) is 11.6 Å². The summed E-state index contributed by atoms with van der Waals surface area (Å²) in [5.41, 5.74) is 1.75. The maximum Gasteiger partial charge on any atom is 0.288 e. The molecule has 3 atom stereocenters. The van der Waals surface area contributed by atoms with E-state index in [1.54, 1.807) is 12.1 Å². The van der Waals surface area contributed by atoms with Crippen LogP contribution in [0.3, 0.4) is 0 Å². The Balaban J connectivity index is 2.21. The van der Waals surface area contributed by atoms with E-state index in [1.165, 1.54) is 12.8 Å². The third kappa shape index (κ3) is 3.06. The Morgan fingerprint density at radius 3 is 2.70 bits per heavy atom. The maximum absolute atomic E-state index is 10.9. The van der Waals surface area contributed by atoms with Gasteiger partial charge in [-0.05, 0) is 36.8 Å². The summed E-state index contributed by atoms with van der Waals surface area (Å²) < 4.78 is 0. The van der Waals surface area contributed by atoms with Crippen LogP contribution in [-0.4, -0.2) is 11.0 Å². The number of nitrogens with zero attached hydrogens (tertiary/aromatic N) is 1. The molecule has 110 valence electrons. The molecule has 5 heteroatoms. The number of hydrogen-bond acceptors (Lipinski definition) is 3. The topological polar surface area (TPSA) is 55.2 Å². The van der Waals surface area contributed by atoms with Gasteiger partial charge < -0.3 is 5.32 Å². The molecule has 0 heterocycles. The fourth-order valence-corrected chi connectivity index (χ4v) is 3.18. The molecule has 1 aromatic carbocycles. The first-order chi connectivity index (χ1) is 9.40. The molecule has 20 heavy (non-hydrogen) atoms. The summed E-state index contributed by atoms with van der Waals surface area (Å²) in [6.45, 7) is 6.43. The van der Waals surface area contributed by atoms with Gasteiger partial charge in [0.2, 0.25) is 0 Å². The van der Waals surface area contributed by atoms with E-state index in [0.717, 1.165) is 17.7 Å². The third-order valence-electron chi connectivity index (χ3n) is 4.54. The Hall–Kier alpha value is -1.29. The zero-order valence-corrected chi connectivity index (χ0v) is 12.9. The lowest BCUT2D eigenvalue weighted by atomic mass is 9.78. The predicted molar refractivity (Wildman–Crippen MR) is 82.4 cm³/mol. The second-order valence-electron chi connectivity index (χ2n) is 5.89. The van der Waals surface area contributed by atoms with E-state index in [0.29, 0.717) is 17.9 Å². The number of nitro benzene ring substituents is 1. The molecule has 0 aliphatic heterocycles. The molecule has 0 aromatic heterocycles. The van der Waals surface area contributed by atoms with Crippen LogP contribution in [0.5, 0.6) is 0 Å². The van der Waals surface area contributed by atoms with E-state index in [2.05, 4.69) is 19.2 Å². The molecular weight excluding hydrogens is 276 g/mol. The maximum atomic E-state index is 10.9. The number of nitrogens with one attached hydrogen (secondary N) is 1. The van der Waals surface area contributed by atoms with Gasteiger partial charge in [0.25, 0.3) is 5.69 Å². The zero-order chi connectivity index (χ0) is 14.9. The zero-order valence-electron chi connectivity index (χ0n) is 12.1. The van der Waals surface area contributed by atoms with E-state index in [-0.39, 0.29) is 10.7 Å². The Bertz CT molecular complexity index is 519. The number of rotatable bonds is 3. The van der Waals surface area contributed by atoms with Crippen LogP contribution in [0, 0.1) is 28.9 Å². The Morgan fingerprint density at radius 1 is 1.35 bits per heavy atom. The van der Waals surface area contributed by atoms with Crippen LogP contribution in [-0.2, 0) is 0 Å². The van der Waals surface area contributed by atoms with Crippen molar-refractivity contribution in [2.75, 3.05) is 5.32 Å². The van der Waals surface area contributed by atoms with Crippen LogP contribution in [0.1, 0.15) is 38.7 Å². The number of anilines is 1. The first-order valence-corrected chi connectivity index (χ1v) is 7.49. The minimum Gasteiger partial charge on any atom is -0.382 e. The average Bonchev–Trinajstić information content (AvgIpc) is 2.38. The van der Waals surface area contributed by atoms with E-state index < -0.39 is 4.92 Å². The van der Waals surface area contributed by atoms with Crippen molar-refractivity contribution in [1.82, 2.24) is 0 Å². The average molecular weight is 297 g/mol.